The molecule has 0 spiro atoms. The summed E-state index contributed by atoms with van der Waals surface area (Å²) >= 11 is 0. The lowest BCUT2D eigenvalue weighted by Crippen LogP contribution is -2.14. The van der Waals surface area contributed by atoms with E-state index in [9.17, 15) is 0 Å². The second-order valence-corrected chi connectivity index (χ2v) is 4.66. The van der Waals surface area contributed by atoms with Crippen molar-refractivity contribution in [1.29, 1.82) is 0 Å². The monoisotopic (exact) mass is 195 g/mol. The molecule has 74 valence electrons. The average Bonchev–Trinajstić information content (AvgIpc) is 2.55. The van der Waals surface area contributed by atoms with Gasteiger partial charge in [0.05, 0.1) is 5.69 Å². The quantitative estimate of drug-likeness (QED) is 0.605. The summed E-state index contributed by atoms with van der Waals surface area (Å²) in [5.41, 5.74) is 2.57. The Kier molecular flexibility index (Phi) is 1.55. The van der Waals surface area contributed by atoms with E-state index in [1.54, 1.807) is 0 Å². The molecule has 0 saturated heterocycles. The molecule has 3 rings (SSSR count). The maximum atomic E-state index is 4.56. The van der Waals surface area contributed by atoms with Crippen LogP contribution in [0.15, 0.2) is 41.4 Å². The molecule has 15 heavy (non-hydrogen) atoms. The van der Waals surface area contributed by atoms with Crippen LogP contribution in [0, 0.1) is 0 Å². The first-order chi connectivity index (χ1) is 7.18. The van der Waals surface area contributed by atoms with Crippen LogP contribution in [0.5, 0.6) is 0 Å². The fraction of sp³-hybridized carbons (Fsp3) is 0.214. The Bertz CT molecular complexity index is 565. The van der Waals surface area contributed by atoms with Crippen LogP contribution < -0.4 is 0 Å². The SMILES string of the molecule is CC1(C)C=Nc2c1ccc1ccccc21. The summed E-state index contributed by atoms with van der Waals surface area (Å²) in [6, 6.07) is 12.8. The van der Waals surface area contributed by atoms with Crippen LogP contribution >= 0.6 is 0 Å². The Hall–Kier alpha value is -1.63. The van der Waals surface area contributed by atoms with E-state index in [-0.39, 0.29) is 5.41 Å². The van der Waals surface area contributed by atoms with E-state index in [2.05, 4.69) is 55.2 Å². The van der Waals surface area contributed by atoms with Crippen LogP contribution in [0.3, 0.4) is 0 Å². The van der Waals surface area contributed by atoms with Crippen molar-refractivity contribution in [3.63, 3.8) is 0 Å². The number of hydrogen-bond donors (Lipinski definition) is 0. The highest BCUT2D eigenvalue weighted by molar-refractivity contribution is 6.00. The zero-order chi connectivity index (χ0) is 10.5. The molecule has 2 aromatic rings. The standard InChI is InChI=1S/C14H13N/c1-14(2)9-15-13-11-6-4-3-5-10(11)7-8-12(13)14/h3-9H,1-2H3. The molecule has 0 saturated carbocycles. The second-order valence-electron chi connectivity index (χ2n) is 4.66. The summed E-state index contributed by atoms with van der Waals surface area (Å²) < 4.78 is 0. The number of aliphatic imine (C=N–C) groups is 1. The van der Waals surface area contributed by atoms with Gasteiger partial charge in [0.25, 0.3) is 0 Å². The van der Waals surface area contributed by atoms with E-state index < -0.39 is 0 Å². The van der Waals surface area contributed by atoms with Crippen molar-refractivity contribution in [3.8, 4) is 0 Å². The summed E-state index contributed by atoms with van der Waals surface area (Å²) in [5.74, 6) is 0. The predicted octanol–water partition coefficient (Wildman–Crippen LogP) is 3.83. The van der Waals surface area contributed by atoms with Gasteiger partial charge in [0.15, 0.2) is 0 Å². The highest BCUT2D eigenvalue weighted by Gasteiger charge is 2.27. The molecule has 0 bridgehead atoms. The molecule has 0 N–H and O–H groups in total. The van der Waals surface area contributed by atoms with Crippen molar-refractivity contribution in [3.05, 3.63) is 42.0 Å². The molecule has 0 aliphatic carbocycles. The minimum absolute atomic E-state index is 0.0827. The van der Waals surface area contributed by atoms with Gasteiger partial charge < -0.3 is 0 Å². The minimum atomic E-state index is 0.0827. The van der Waals surface area contributed by atoms with Crippen LogP contribution in [0.25, 0.3) is 10.8 Å². The third-order valence-corrected chi connectivity index (χ3v) is 3.11. The summed E-state index contributed by atoms with van der Waals surface area (Å²) in [6.07, 6.45) is 2.05. The van der Waals surface area contributed by atoms with Crippen LogP contribution in [-0.4, -0.2) is 6.21 Å². The van der Waals surface area contributed by atoms with Gasteiger partial charge in [0.1, 0.15) is 0 Å². The summed E-state index contributed by atoms with van der Waals surface area (Å²) in [4.78, 5) is 4.56. The van der Waals surface area contributed by atoms with E-state index in [1.165, 1.54) is 16.3 Å². The molecular weight excluding hydrogens is 182 g/mol. The van der Waals surface area contributed by atoms with Crippen molar-refractivity contribution in [2.75, 3.05) is 0 Å². The maximum Gasteiger partial charge on any atom is 0.0745 e. The number of nitrogens with zero attached hydrogens (tertiary/aromatic N) is 1. The third kappa shape index (κ3) is 1.13. The first-order valence-corrected chi connectivity index (χ1v) is 5.26. The molecule has 0 fully saturated rings. The Morgan fingerprint density at radius 3 is 2.67 bits per heavy atom. The lowest BCUT2D eigenvalue weighted by atomic mass is 9.86. The van der Waals surface area contributed by atoms with Gasteiger partial charge in [-0.05, 0) is 10.9 Å². The van der Waals surface area contributed by atoms with Crippen LogP contribution in [0.4, 0.5) is 5.69 Å². The number of rotatable bonds is 0. The maximum absolute atomic E-state index is 4.56. The Morgan fingerprint density at radius 2 is 1.80 bits per heavy atom. The van der Waals surface area contributed by atoms with E-state index in [0.717, 1.165) is 5.69 Å². The lowest BCUT2D eigenvalue weighted by molar-refractivity contribution is 0.753. The van der Waals surface area contributed by atoms with Crippen molar-refractivity contribution >= 4 is 22.7 Å². The van der Waals surface area contributed by atoms with Gasteiger partial charge in [-0.2, -0.15) is 0 Å². The van der Waals surface area contributed by atoms with Crippen LogP contribution in [0.1, 0.15) is 19.4 Å². The number of hydrogen-bond acceptors (Lipinski definition) is 1. The van der Waals surface area contributed by atoms with Crippen LogP contribution in [0.2, 0.25) is 0 Å². The van der Waals surface area contributed by atoms with Crippen molar-refractivity contribution in [2.45, 2.75) is 19.3 Å². The molecule has 1 heterocycles. The molecule has 0 aromatic heterocycles. The molecule has 1 aliphatic rings. The molecule has 0 atom stereocenters. The molecule has 1 heteroatoms. The molecular formula is C14H13N. The average molecular weight is 195 g/mol. The highest BCUT2D eigenvalue weighted by atomic mass is 14.8. The second kappa shape index (κ2) is 2.69. The summed E-state index contributed by atoms with van der Waals surface area (Å²) in [5, 5.41) is 2.53. The lowest BCUT2D eigenvalue weighted by Gasteiger charge is -2.16. The fourth-order valence-corrected chi connectivity index (χ4v) is 2.21. The Balaban J connectivity index is 2.43. The molecule has 2 aromatic carbocycles. The van der Waals surface area contributed by atoms with Gasteiger partial charge >= 0.3 is 0 Å². The van der Waals surface area contributed by atoms with Gasteiger partial charge in [0, 0.05) is 17.0 Å². The zero-order valence-corrected chi connectivity index (χ0v) is 8.99. The largest absolute Gasteiger partial charge is 0.259 e. The van der Waals surface area contributed by atoms with Crippen molar-refractivity contribution in [1.82, 2.24) is 0 Å². The van der Waals surface area contributed by atoms with Gasteiger partial charge in [-0.3, -0.25) is 4.99 Å². The van der Waals surface area contributed by atoms with Crippen LogP contribution in [-0.2, 0) is 5.41 Å². The summed E-state index contributed by atoms with van der Waals surface area (Å²) in [6.45, 7) is 4.41. The zero-order valence-electron chi connectivity index (χ0n) is 8.99. The number of benzene rings is 2. The first-order valence-electron chi connectivity index (χ1n) is 5.26. The normalized spacial score (nSPS) is 16.9. The van der Waals surface area contributed by atoms with E-state index in [4.69, 9.17) is 0 Å². The van der Waals surface area contributed by atoms with Crippen molar-refractivity contribution in [2.24, 2.45) is 4.99 Å². The highest BCUT2D eigenvalue weighted by Crippen LogP contribution is 2.40. The summed E-state index contributed by atoms with van der Waals surface area (Å²) in [7, 11) is 0. The molecule has 0 unspecified atom stereocenters. The van der Waals surface area contributed by atoms with E-state index in [0.29, 0.717) is 0 Å². The van der Waals surface area contributed by atoms with E-state index >= 15 is 0 Å². The van der Waals surface area contributed by atoms with Gasteiger partial charge in [-0.1, -0.05) is 50.2 Å². The molecule has 1 nitrogen and oxygen atoms in total. The Labute approximate surface area is 89.5 Å². The first kappa shape index (κ1) is 8.66. The Morgan fingerprint density at radius 1 is 1.00 bits per heavy atom. The topological polar surface area (TPSA) is 12.4 Å². The van der Waals surface area contributed by atoms with E-state index in [1.807, 2.05) is 6.21 Å². The number of fused-ring (bicyclic) bond motifs is 3. The molecule has 0 radical (unpaired) electrons. The molecule has 1 aliphatic heterocycles. The smallest absolute Gasteiger partial charge is 0.0745 e. The fourth-order valence-electron chi connectivity index (χ4n) is 2.21. The van der Waals surface area contributed by atoms with Crippen molar-refractivity contribution < 1.29 is 0 Å². The minimum Gasteiger partial charge on any atom is -0.259 e. The van der Waals surface area contributed by atoms with Gasteiger partial charge in [0.2, 0.25) is 0 Å². The van der Waals surface area contributed by atoms with Gasteiger partial charge in [-0.25, -0.2) is 0 Å². The third-order valence-electron chi connectivity index (χ3n) is 3.11. The predicted molar refractivity (Wildman–Crippen MR) is 65.1 cm³/mol. The molecule has 0 amide bonds. The van der Waals surface area contributed by atoms with Gasteiger partial charge in [-0.15, -0.1) is 0 Å².